The molecule has 2 rings (SSSR count). The highest BCUT2D eigenvalue weighted by Gasteiger charge is 2.29. The first-order valence-electron chi connectivity index (χ1n) is 6.24. The molecule has 1 aliphatic rings. The van der Waals surface area contributed by atoms with Gasteiger partial charge in [0, 0.05) is 20.2 Å². The second-order valence-electron chi connectivity index (χ2n) is 4.60. The van der Waals surface area contributed by atoms with E-state index in [1.165, 1.54) is 0 Å². The van der Waals surface area contributed by atoms with E-state index in [1.54, 1.807) is 16.6 Å². The average Bonchev–Trinajstić information content (AvgIpc) is 2.97. The summed E-state index contributed by atoms with van der Waals surface area (Å²) in [5.74, 6) is -0.0783. The van der Waals surface area contributed by atoms with Gasteiger partial charge in [-0.15, -0.1) is 0 Å². The van der Waals surface area contributed by atoms with Gasteiger partial charge in [-0.05, 0) is 20.3 Å². The van der Waals surface area contributed by atoms with E-state index in [0.717, 1.165) is 6.42 Å². The Hall–Kier alpha value is -1.56. The molecule has 0 bridgehead atoms. The third kappa shape index (κ3) is 2.08. The summed E-state index contributed by atoms with van der Waals surface area (Å²) in [6.07, 6.45) is 0.876. The number of anilines is 1. The topological polar surface area (TPSA) is 73.4 Å². The second kappa shape index (κ2) is 4.97. The van der Waals surface area contributed by atoms with Crippen molar-refractivity contribution in [1.29, 1.82) is 0 Å². The third-order valence-corrected chi connectivity index (χ3v) is 3.45. The average molecular weight is 252 g/mol. The molecule has 1 aromatic rings. The number of carbonyl (C=O) groups excluding carboxylic acids is 1. The van der Waals surface area contributed by atoms with Crippen LogP contribution in [-0.4, -0.2) is 46.9 Å². The van der Waals surface area contributed by atoms with Crippen molar-refractivity contribution < 1.29 is 9.53 Å². The number of hydrogen-bond acceptors (Lipinski definition) is 4. The lowest BCUT2D eigenvalue weighted by atomic mass is 10.2. The summed E-state index contributed by atoms with van der Waals surface area (Å²) in [5, 5.41) is 4.27. The van der Waals surface area contributed by atoms with E-state index in [-0.39, 0.29) is 11.9 Å². The molecule has 2 N–H and O–H groups in total. The van der Waals surface area contributed by atoms with Crippen LogP contribution in [0.5, 0.6) is 0 Å². The number of ether oxygens (including phenoxy) is 1. The van der Waals surface area contributed by atoms with E-state index in [2.05, 4.69) is 5.10 Å². The van der Waals surface area contributed by atoms with E-state index in [0.29, 0.717) is 36.8 Å². The van der Waals surface area contributed by atoms with Gasteiger partial charge >= 0.3 is 0 Å². The van der Waals surface area contributed by atoms with Crippen molar-refractivity contribution in [2.75, 3.05) is 26.0 Å². The molecule has 1 aromatic heterocycles. The number of hydrogen-bond donors (Lipinski definition) is 1. The van der Waals surface area contributed by atoms with Gasteiger partial charge < -0.3 is 15.4 Å². The van der Waals surface area contributed by atoms with Crippen molar-refractivity contribution in [3.8, 4) is 0 Å². The Morgan fingerprint density at radius 1 is 1.67 bits per heavy atom. The maximum Gasteiger partial charge on any atom is 0.274 e. The number of nitrogen functional groups attached to an aromatic ring is 1. The van der Waals surface area contributed by atoms with Crippen molar-refractivity contribution in [2.24, 2.45) is 0 Å². The standard InChI is InChI=1S/C12H20N4O2/c1-4-16-11(10(13)8(2)14-16)12(17)15(3)9-5-6-18-7-9/h9H,4-7,13H2,1-3H3. The van der Waals surface area contributed by atoms with E-state index < -0.39 is 0 Å². The molecule has 1 aliphatic heterocycles. The molecule has 6 nitrogen and oxygen atoms in total. The van der Waals surface area contributed by atoms with Crippen LogP contribution in [0.4, 0.5) is 5.69 Å². The van der Waals surface area contributed by atoms with Crippen LogP contribution in [0, 0.1) is 6.92 Å². The first kappa shape index (κ1) is 12.9. The van der Waals surface area contributed by atoms with Gasteiger partial charge in [0.05, 0.1) is 24.0 Å². The zero-order valence-corrected chi connectivity index (χ0v) is 11.1. The number of nitrogens with zero attached hydrogens (tertiary/aromatic N) is 3. The lowest BCUT2D eigenvalue weighted by Crippen LogP contribution is -2.38. The van der Waals surface area contributed by atoms with Crippen LogP contribution in [0.1, 0.15) is 29.5 Å². The maximum atomic E-state index is 12.5. The summed E-state index contributed by atoms with van der Waals surface area (Å²) in [6, 6.07) is 0.136. The molecular formula is C12H20N4O2. The quantitative estimate of drug-likeness (QED) is 0.857. The fraction of sp³-hybridized carbons (Fsp3) is 0.667. The monoisotopic (exact) mass is 252 g/mol. The zero-order chi connectivity index (χ0) is 13.3. The fourth-order valence-electron chi connectivity index (χ4n) is 2.21. The molecule has 0 aliphatic carbocycles. The fourth-order valence-corrected chi connectivity index (χ4v) is 2.21. The van der Waals surface area contributed by atoms with Crippen LogP contribution in [0.2, 0.25) is 0 Å². The number of nitrogens with two attached hydrogens (primary N) is 1. The highest BCUT2D eigenvalue weighted by molar-refractivity contribution is 5.98. The Labute approximate surface area is 107 Å². The Morgan fingerprint density at radius 3 is 2.94 bits per heavy atom. The number of rotatable bonds is 3. The highest BCUT2D eigenvalue weighted by Crippen LogP contribution is 2.20. The predicted octanol–water partition coefficient (Wildman–Crippen LogP) is 0.655. The van der Waals surface area contributed by atoms with Crippen molar-refractivity contribution in [3.05, 3.63) is 11.4 Å². The van der Waals surface area contributed by atoms with Crippen LogP contribution >= 0.6 is 0 Å². The van der Waals surface area contributed by atoms with Gasteiger partial charge in [-0.1, -0.05) is 0 Å². The number of aryl methyl sites for hydroxylation is 2. The van der Waals surface area contributed by atoms with Crippen LogP contribution < -0.4 is 5.73 Å². The Morgan fingerprint density at radius 2 is 2.39 bits per heavy atom. The van der Waals surface area contributed by atoms with Crippen LogP contribution in [0.15, 0.2) is 0 Å². The van der Waals surface area contributed by atoms with Gasteiger partial charge in [0.1, 0.15) is 5.69 Å². The molecular weight excluding hydrogens is 232 g/mol. The summed E-state index contributed by atoms with van der Waals surface area (Å²) in [4.78, 5) is 14.2. The van der Waals surface area contributed by atoms with E-state index in [4.69, 9.17) is 10.5 Å². The van der Waals surface area contributed by atoms with Gasteiger partial charge in [0.25, 0.3) is 5.91 Å². The first-order chi connectivity index (χ1) is 8.56. The second-order valence-corrected chi connectivity index (χ2v) is 4.60. The van der Waals surface area contributed by atoms with Crippen molar-refractivity contribution in [1.82, 2.24) is 14.7 Å². The minimum atomic E-state index is -0.0783. The van der Waals surface area contributed by atoms with Crippen LogP contribution in [-0.2, 0) is 11.3 Å². The van der Waals surface area contributed by atoms with E-state index >= 15 is 0 Å². The maximum absolute atomic E-state index is 12.5. The van der Waals surface area contributed by atoms with Gasteiger partial charge in [-0.25, -0.2) is 0 Å². The molecule has 6 heteroatoms. The minimum absolute atomic E-state index is 0.0783. The van der Waals surface area contributed by atoms with Crippen molar-refractivity contribution in [3.63, 3.8) is 0 Å². The predicted molar refractivity (Wildman–Crippen MR) is 68.4 cm³/mol. The number of carbonyl (C=O) groups is 1. The van der Waals surface area contributed by atoms with Gasteiger partial charge in [-0.3, -0.25) is 9.48 Å². The van der Waals surface area contributed by atoms with E-state index in [9.17, 15) is 4.79 Å². The lowest BCUT2D eigenvalue weighted by molar-refractivity contribution is 0.0700. The number of amides is 1. The largest absolute Gasteiger partial charge is 0.395 e. The number of likely N-dealkylation sites (N-methyl/N-ethyl adjacent to an activating group) is 1. The number of aromatic nitrogens is 2. The smallest absolute Gasteiger partial charge is 0.274 e. The Balaban J connectivity index is 2.27. The SMILES string of the molecule is CCn1nc(C)c(N)c1C(=O)N(C)C1CCOC1. The molecule has 100 valence electrons. The molecule has 1 atom stereocenters. The summed E-state index contributed by atoms with van der Waals surface area (Å²) in [5.41, 5.74) is 7.63. The molecule has 0 saturated carbocycles. The molecule has 18 heavy (non-hydrogen) atoms. The summed E-state index contributed by atoms with van der Waals surface area (Å²) in [6.45, 7) is 5.71. The molecule has 1 amide bonds. The molecule has 1 saturated heterocycles. The van der Waals surface area contributed by atoms with Crippen LogP contribution in [0.3, 0.4) is 0 Å². The highest BCUT2D eigenvalue weighted by atomic mass is 16.5. The van der Waals surface area contributed by atoms with E-state index in [1.807, 2.05) is 13.8 Å². The summed E-state index contributed by atoms with van der Waals surface area (Å²) in [7, 11) is 1.80. The summed E-state index contributed by atoms with van der Waals surface area (Å²) < 4.78 is 6.97. The Bertz CT molecular complexity index is 449. The van der Waals surface area contributed by atoms with Gasteiger partial charge in [0.2, 0.25) is 0 Å². The third-order valence-electron chi connectivity index (χ3n) is 3.45. The molecule has 0 radical (unpaired) electrons. The zero-order valence-electron chi connectivity index (χ0n) is 11.1. The van der Waals surface area contributed by atoms with Crippen LogP contribution in [0.25, 0.3) is 0 Å². The molecule has 1 unspecified atom stereocenters. The van der Waals surface area contributed by atoms with Gasteiger partial charge in [0.15, 0.2) is 0 Å². The lowest BCUT2D eigenvalue weighted by Gasteiger charge is -2.23. The summed E-state index contributed by atoms with van der Waals surface area (Å²) >= 11 is 0. The Kier molecular flexibility index (Phi) is 3.56. The molecule has 0 aromatic carbocycles. The minimum Gasteiger partial charge on any atom is -0.395 e. The molecule has 0 spiro atoms. The van der Waals surface area contributed by atoms with Crippen molar-refractivity contribution >= 4 is 11.6 Å². The molecule has 1 fully saturated rings. The first-order valence-corrected chi connectivity index (χ1v) is 6.24. The molecule has 2 heterocycles. The normalized spacial score (nSPS) is 19.2. The van der Waals surface area contributed by atoms with Crippen molar-refractivity contribution in [2.45, 2.75) is 32.9 Å². The van der Waals surface area contributed by atoms with Gasteiger partial charge in [-0.2, -0.15) is 5.10 Å².